The van der Waals surface area contributed by atoms with Crippen LogP contribution in [0, 0.1) is 5.92 Å². The molecule has 2 amide bonds. The third kappa shape index (κ3) is 3.92. The minimum atomic E-state index is -1.02. The molecule has 5 rings (SSSR count). The molecule has 34 heavy (non-hydrogen) atoms. The Kier molecular flexibility index (Phi) is 6.00. The van der Waals surface area contributed by atoms with Crippen LogP contribution >= 0.6 is 0 Å². The summed E-state index contributed by atoms with van der Waals surface area (Å²) in [5.41, 5.74) is 4.56. The van der Waals surface area contributed by atoms with Crippen LogP contribution in [0.2, 0.25) is 0 Å². The Balaban J connectivity index is 1.18. The number of fused-ring (bicyclic) bond motifs is 4. The van der Waals surface area contributed by atoms with Crippen LogP contribution in [0.25, 0.3) is 11.1 Å². The van der Waals surface area contributed by atoms with E-state index in [1.54, 1.807) is 6.92 Å². The number of benzene rings is 2. The summed E-state index contributed by atoms with van der Waals surface area (Å²) in [6, 6.07) is 15.1. The van der Waals surface area contributed by atoms with Crippen LogP contribution < -0.4 is 5.32 Å². The Hall–Kier alpha value is -3.39. The van der Waals surface area contributed by atoms with Crippen molar-refractivity contribution in [3.05, 3.63) is 59.7 Å². The average Bonchev–Trinajstić information content (AvgIpc) is 3.52. The first-order valence-electron chi connectivity index (χ1n) is 11.7. The molecule has 2 fully saturated rings. The van der Waals surface area contributed by atoms with Crippen LogP contribution in [-0.2, 0) is 19.1 Å². The average molecular weight is 465 g/mol. The zero-order valence-corrected chi connectivity index (χ0v) is 19.0. The fourth-order valence-corrected chi connectivity index (χ4v) is 5.51. The van der Waals surface area contributed by atoms with Crippen LogP contribution in [0.4, 0.5) is 4.79 Å². The molecular formula is C26H28N2O6. The SMILES string of the molecule is CC(CNC(=O)OCC1c2ccccc2-c2ccccc21)C(=O)N1C(C(=O)O)CC2OCCC21. The molecule has 8 nitrogen and oxygen atoms in total. The number of carbonyl (C=O) groups excluding carboxylic acids is 2. The molecule has 2 N–H and O–H groups in total. The van der Waals surface area contributed by atoms with E-state index in [0.717, 1.165) is 22.3 Å². The highest BCUT2D eigenvalue weighted by molar-refractivity contribution is 5.86. The minimum absolute atomic E-state index is 0.0440. The van der Waals surface area contributed by atoms with E-state index in [-0.39, 0.29) is 37.1 Å². The van der Waals surface area contributed by atoms with E-state index >= 15 is 0 Å². The maximum absolute atomic E-state index is 13.1. The quantitative estimate of drug-likeness (QED) is 0.681. The Morgan fingerprint density at radius 3 is 2.41 bits per heavy atom. The molecule has 8 heteroatoms. The van der Waals surface area contributed by atoms with Crippen LogP contribution in [0.3, 0.4) is 0 Å². The van der Waals surface area contributed by atoms with Gasteiger partial charge in [-0.05, 0) is 28.7 Å². The van der Waals surface area contributed by atoms with Gasteiger partial charge < -0.3 is 24.8 Å². The van der Waals surface area contributed by atoms with Crippen molar-refractivity contribution in [1.29, 1.82) is 0 Å². The second kappa shape index (κ2) is 9.10. The maximum atomic E-state index is 13.1. The van der Waals surface area contributed by atoms with Gasteiger partial charge in [0, 0.05) is 25.5 Å². The largest absolute Gasteiger partial charge is 0.480 e. The van der Waals surface area contributed by atoms with Crippen LogP contribution in [0.5, 0.6) is 0 Å². The molecule has 2 heterocycles. The summed E-state index contributed by atoms with van der Waals surface area (Å²) in [6.45, 7) is 2.47. The van der Waals surface area contributed by atoms with Crippen LogP contribution in [-0.4, -0.2) is 65.9 Å². The summed E-state index contributed by atoms with van der Waals surface area (Å²) < 4.78 is 11.1. The molecule has 4 unspecified atom stereocenters. The molecule has 0 spiro atoms. The highest BCUT2D eigenvalue weighted by atomic mass is 16.5. The molecule has 2 saturated heterocycles. The Morgan fingerprint density at radius 1 is 1.12 bits per heavy atom. The van der Waals surface area contributed by atoms with Crippen molar-refractivity contribution in [1.82, 2.24) is 10.2 Å². The number of ether oxygens (including phenoxy) is 2. The lowest BCUT2D eigenvalue weighted by Crippen LogP contribution is -2.49. The lowest BCUT2D eigenvalue weighted by molar-refractivity contribution is -0.151. The van der Waals surface area contributed by atoms with Gasteiger partial charge >= 0.3 is 12.1 Å². The number of likely N-dealkylation sites (tertiary alicyclic amines) is 1. The standard InChI is InChI=1S/C26H28N2O6/c1-15(24(29)28-21-10-11-33-23(21)12-22(28)25(30)31)13-27-26(32)34-14-20-18-8-4-2-6-16(18)17-7-3-5-9-19(17)20/h2-9,15,20-23H,10-14H2,1H3,(H,27,32)(H,30,31). The Labute approximate surface area is 197 Å². The second-order valence-electron chi connectivity index (χ2n) is 9.21. The molecule has 0 saturated carbocycles. The van der Waals surface area contributed by atoms with Crippen molar-refractivity contribution in [2.24, 2.45) is 5.92 Å². The molecule has 2 aromatic rings. The Bertz CT molecular complexity index is 1070. The van der Waals surface area contributed by atoms with Gasteiger partial charge in [-0.15, -0.1) is 0 Å². The minimum Gasteiger partial charge on any atom is -0.480 e. The number of hydrogen-bond donors (Lipinski definition) is 2. The molecule has 3 aliphatic rings. The number of carboxylic acid groups (broad SMARTS) is 1. The van der Waals surface area contributed by atoms with Gasteiger partial charge in [0.2, 0.25) is 5.91 Å². The van der Waals surface area contributed by atoms with Crippen molar-refractivity contribution in [2.75, 3.05) is 19.8 Å². The second-order valence-corrected chi connectivity index (χ2v) is 9.21. The molecule has 2 aliphatic heterocycles. The van der Waals surface area contributed by atoms with Gasteiger partial charge in [-0.3, -0.25) is 4.79 Å². The number of nitrogens with one attached hydrogen (secondary N) is 1. The van der Waals surface area contributed by atoms with E-state index < -0.39 is 24.0 Å². The number of nitrogens with zero attached hydrogens (tertiary/aromatic N) is 1. The van der Waals surface area contributed by atoms with Gasteiger partial charge in [0.05, 0.1) is 18.1 Å². The van der Waals surface area contributed by atoms with E-state index in [4.69, 9.17) is 9.47 Å². The van der Waals surface area contributed by atoms with E-state index in [0.29, 0.717) is 19.4 Å². The molecule has 2 aromatic carbocycles. The third-order valence-electron chi connectivity index (χ3n) is 7.18. The summed E-state index contributed by atoms with van der Waals surface area (Å²) >= 11 is 0. The lowest BCUT2D eigenvalue weighted by atomic mass is 9.98. The summed E-state index contributed by atoms with van der Waals surface area (Å²) in [6.07, 6.45) is 0.109. The first-order chi connectivity index (χ1) is 16.5. The molecular weight excluding hydrogens is 436 g/mol. The smallest absolute Gasteiger partial charge is 0.407 e. The highest BCUT2D eigenvalue weighted by Gasteiger charge is 2.50. The predicted octanol–water partition coefficient (Wildman–Crippen LogP) is 3.00. The first-order valence-corrected chi connectivity index (χ1v) is 11.7. The number of carboxylic acids is 1. The number of alkyl carbamates (subject to hydrolysis) is 1. The third-order valence-corrected chi connectivity index (χ3v) is 7.18. The number of rotatable bonds is 6. The van der Waals surface area contributed by atoms with Gasteiger partial charge in [0.25, 0.3) is 0 Å². The van der Waals surface area contributed by atoms with Gasteiger partial charge in [0.1, 0.15) is 12.6 Å². The first kappa shape index (κ1) is 22.4. The normalized spacial score (nSPS) is 23.7. The molecule has 4 atom stereocenters. The molecule has 0 bridgehead atoms. The number of carbonyl (C=O) groups is 3. The van der Waals surface area contributed by atoms with Gasteiger partial charge in [0.15, 0.2) is 0 Å². The molecule has 0 aromatic heterocycles. The fourth-order valence-electron chi connectivity index (χ4n) is 5.51. The zero-order valence-electron chi connectivity index (χ0n) is 19.0. The zero-order chi connectivity index (χ0) is 23.8. The van der Waals surface area contributed by atoms with Gasteiger partial charge in [-0.1, -0.05) is 55.5 Å². The molecule has 1 aliphatic carbocycles. The fraction of sp³-hybridized carbons (Fsp3) is 0.423. The van der Waals surface area contributed by atoms with Crippen molar-refractivity contribution in [2.45, 2.75) is 43.9 Å². The maximum Gasteiger partial charge on any atom is 0.407 e. The van der Waals surface area contributed by atoms with Crippen molar-refractivity contribution < 1.29 is 29.0 Å². The highest BCUT2D eigenvalue weighted by Crippen LogP contribution is 2.44. The topological polar surface area (TPSA) is 105 Å². The number of aliphatic carboxylic acids is 1. The molecule has 178 valence electrons. The summed E-state index contributed by atoms with van der Waals surface area (Å²) in [5, 5.41) is 12.2. The number of hydrogen-bond acceptors (Lipinski definition) is 5. The van der Waals surface area contributed by atoms with Gasteiger partial charge in [-0.25, -0.2) is 9.59 Å². The number of amides is 2. The lowest BCUT2D eigenvalue weighted by Gasteiger charge is -2.29. The van der Waals surface area contributed by atoms with Crippen molar-refractivity contribution in [3.63, 3.8) is 0 Å². The van der Waals surface area contributed by atoms with Crippen molar-refractivity contribution >= 4 is 18.0 Å². The summed E-state index contributed by atoms with van der Waals surface area (Å²) in [5.74, 6) is -1.94. The van der Waals surface area contributed by atoms with E-state index in [9.17, 15) is 19.5 Å². The van der Waals surface area contributed by atoms with E-state index in [2.05, 4.69) is 29.6 Å². The monoisotopic (exact) mass is 464 g/mol. The predicted molar refractivity (Wildman–Crippen MR) is 123 cm³/mol. The summed E-state index contributed by atoms with van der Waals surface area (Å²) in [4.78, 5) is 38.7. The molecule has 0 radical (unpaired) electrons. The van der Waals surface area contributed by atoms with Gasteiger partial charge in [-0.2, -0.15) is 0 Å². The summed E-state index contributed by atoms with van der Waals surface area (Å²) in [7, 11) is 0. The van der Waals surface area contributed by atoms with Crippen molar-refractivity contribution in [3.8, 4) is 11.1 Å². The van der Waals surface area contributed by atoms with Crippen LogP contribution in [0.15, 0.2) is 48.5 Å². The Morgan fingerprint density at radius 2 is 1.76 bits per heavy atom. The van der Waals surface area contributed by atoms with E-state index in [1.807, 2.05) is 24.3 Å². The van der Waals surface area contributed by atoms with Crippen LogP contribution in [0.1, 0.15) is 36.8 Å². The van der Waals surface area contributed by atoms with E-state index in [1.165, 1.54) is 4.90 Å².